The van der Waals surface area contributed by atoms with Gasteiger partial charge < -0.3 is 9.47 Å². The molecule has 7 nitrogen and oxygen atoms in total. The summed E-state index contributed by atoms with van der Waals surface area (Å²) in [7, 11) is 0. The van der Waals surface area contributed by atoms with Crippen molar-refractivity contribution >= 4 is 27.8 Å². The molecule has 146 valence electrons. The minimum Gasteiger partial charge on any atom is -0.340 e. The van der Waals surface area contributed by atoms with Crippen molar-refractivity contribution in [2.45, 2.75) is 25.4 Å². The predicted molar refractivity (Wildman–Crippen MR) is 111 cm³/mol. The molecule has 5 rings (SSSR count). The highest BCUT2D eigenvalue weighted by Gasteiger charge is 2.28. The summed E-state index contributed by atoms with van der Waals surface area (Å²) in [6.45, 7) is 1.73. The topological polar surface area (TPSA) is 73.0 Å². The van der Waals surface area contributed by atoms with Gasteiger partial charge in [0.05, 0.1) is 40.6 Å². The molecule has 1 saturated heterocycles. The van der Waals surface area contributed by atoms with Gasteiger partial charge in [-0.15, -0.1) is 0 Å². The summed E-state index contributed by atoms with van der Waals surface area (Å²) < 4.78 is 3.69. The van der Waals surface area contributed by atoms with Gasteiger partial charge in [-0.25, -0.2) is 9.97 Å². The second-order valence-electron chi connectivity index (χ2n) is 7.43. The first-order chi connectivity index (χ1) is 14.2. The molecule has 0 N–H and O–H groups in total. The van der Waals surface area contributed by atoms with Crippen LogP contribution in [0.4, 0.5) is 0 Å². The normalized spacial score (nSPS) is 16.7. The maximum Gasteiger partial charge on any atom is 0.261 e. The van der Waals surface area contributed by atoms with Gasteiger partial charge in [0.1, 0.15) is 0 Å². The standard InChI is InChI=1S/C22H21N5O2/c28-21(10-12-26-14-23-18-6-2-1-5-17(18)22(26)29)25-11-9-16(13-25)27-15-24-19-7-3-4-8-20(19)27/h1-8,14-16H,9-13H2/t16-/m0/s1. The fraction of sp³-hybridized carbons (Fsp3) is 0.273. The number of imidazole rings is 1. The third-order valence-corrected chi connectivity index (χ3v) is 5.69. The van der Waals surface area contributed by atoms with Crippen molar-refractivity contribution < 1.29 is 4.79 Å². The molecule has 1 fully saturated rings. The van der Waals surface area contributed by atoms with E-state index in [-0.39, 0.29) is 23.9 Å². The van der Waals surface area contributed by atoms with E-state index in [0.717, 1.165) is 24.0 Å². The highest BCUT2D eigenvalue weighted by Crippen LogP contribution is 2.26. The third kappa shape index (κ3) is 3.18. The van der Waals surface area contributed by atoms with E-state index in [2.05, 4.69) is 20.6 Å². The zero-order valence-electron chi connectivity index (χ0n) is 15.9. The molecule has 0 bridgehead atoms. The van der Waals surface area contributed by atoms with E-state index < -0.39 is 0 Å². The summed E-state index contributed by atoms with van der Waals surface area (Å²) in [6.07, 6.45) is 4.59. The first-order valence-electron chi connectivity index (χ1n) is 9.84. The van der Waals surface area contributed by atoms with Gasteiger partial charge >= 0.3 is 0 Å². The quantitative estimate of drug-likeness (QED) is 0.540. The largest absolute Gasteiger partial charge is 0.340 e. The van der Waals surface area contributed by atoms with E-state index in [1.165, 1.54) is 10.9 Å². The van der Waals surface area contributed by atoms with Crippen molar-refractivity contribution in [2.75, 3.05) is 13.1 Å². The molecular formula is C22H21N5O2. The Kier molecular flexibility index (Phi) is 4.35. The molecule has 0 aliphatic carbocycles. The van der Waals surface area contributed by atoms with Crippen LogP contribution < -0.4 is 5.56 Å². The molecule has 1 atom stereocenters. The molecule has 7 heteroatoms. The van der Waals surface area contributed by atoms with Crippen molar-refractivity contribution in [1.82, 2.24) is 24.0 Å². The number of carbonyl (C=O) groups excluding carboxylic acids is 1. The summed E-state index contributed by atoms with van der Waals surface area (Å²) in [4.78, 5) is 36.0. The average Bonchev–Trinajstić information content (AvgIpc) is 3.40. The number of nitrogens with zero attached hydrogens (tertiary/aromatic N) is 5. The Morgan fingerprint density at radius 1 is 1.00 bits per heavy atom. The first kappa shape index (κ1) is 17.6. The molecular weight excluding hydrogens is 366 g/mol. The zero-order chi connectivity index (χ0) is 19.8. The van der Waals surface area contributed by atoms with E-state index in [1.54, 1.807) is 6.07 Å². The number of carbonyl (C=O) groups is 1. The Labute approximate surface area is 167 Å². The van der Waals surface area contributed by atoms with Gasteiger partial charge in [-0.05, 0) is 30.7 Å². The van der Waals surface area contributed by atoms with Crippen molar-refractivity contribution in [1.29, 1.82) is 0 Å². The molecule has 3 heterocycles. The zero-order valence-corrected chi connectivity index (χ0v) is 15.9. The van der Waals surface area contributed by atoms with Crippen molar-refractivity contribution in [2.24, 2.45) is 0 Å². The van der Waals surface area contributed by atoms with E-state index in [9.17, 15) is 9.59 Å². The SMILES string of the molecule is O=C(CCn1cnc2ccccc2c1=O)N1CC[C@H](n2cnc3ccccc32)C1. The van der Waals surface area contributed by atoms with Crippen LogP contribution >= 0.6 is 0 Å². The Hall–Kier alpha value is -3.48. The van der Waals surface area contributed by atoms with Crippen molar-refractivity contribution in [3.8, 4) is 0 Å². The van der Waals surface area contributed by atoms with E-state index in [1.807, 2.05) is 47.6 Å². The number of hydrogen-bond acceptors (Lipinski definition) is 4. The second-order valence-corrected chi connectivity index (χ2v) is 7.43. The Bertz CT molecular complexity index is 1260. The van der Waals surface area contributed by atoms with Crippen LogP contribution in [-0.2, 0) is 11.3 Å². The third-order valence-electron chi connectivity index (χ3n) is 5.69. The van der Waals surface area contributed by atoms with E-state index in [4.69, 9.17) is 0 Å². The molecule has 2 aromatic heterocycles. The highest BCUT2D eigenvalue weighted by atomic mass is 16.2. The molecule has 0 radical (unpaired) electrons. The minimum atomic E-state index is -0.104. The molecule has 0 spiro atoms. The van der Waals surface area contributed by atoms with Crippen LogP contribution in [0.25, 0.3) is 21.9 Å². The molecule has 0 saturated carbocycles. The Morgan fingerprint density at radius 2 is 1.76 bits per heavy atom. The maximum atomic E-state index is 12.7. The van der Waals surface area contributed by atoms with Gasteiger partial charge in [0, 0.05) is 26.1 Å². The van der Waals surface area contributed by atoms with Crippen molar-refractivity contribution in [3.63, 3.8) is 0 Å². The second kappa shape index (κ2) is 7.16. The van der Waals surface area contributed by atoms with Crippen LogP contribution in [-0.4, -0.2) is 43.0 Å². The lowest BCUT2D eigenvalue weighted by Gasteiger charge is -2.18. The lowest BCUT2D eigenvalue weighted by Crippen LogP contribution is -2.31. The summed E-state index contributed by atoms with van der Waals surface area (Å²) in [5.41, 5.74) is 2.64. The molecule has 2 aromatic carbocycles. The summed E-state index contributed by atoms with van der Waals surface area (Å²) in [5, 5.41) is 0.579. The number of fused-ring (bicyclic) bond motifs is 2. The predicted octanol–water partition coefficient (Wildman–Crippen LogP) is 2.61. The Morgan fingerprint density at radius 3 is 2.66 bits per heavy atom. The van der Waals surface area contributed by atoms with Crippen LogP contribution in [0, 0.1) is 0 Å². The minimum absolute atomic E-state index is 0.0666. The lowest BCUT2D eigenvalue weighted by atomic mass is 10.2. The van der Waals surface area contributed by atoms with Crippen LogP contribution in [0.1, 0.15) is 18.9 Å². The van der Waals surface area contributed by atoms with E-state index >= 15 is 0 Å². The fourth-order valence-electron chi connectivity index (χ4n) is 4.10. The van der Waals surface area contributed by atoms with Crippen LogP contribution in [0.15, 0.2) is 66.0 Å². The number of para-hydroxylation sites is 3. The maximum absolute atomic E-state index is 12.7. The van der Waals surface area contributed by atoms with Crippen molar-refractivity contribution in [3.05, 3.63) is 71.5 Å². The summed E-state index contributed by atoms with van der Waals surface area (Å²) in [5.74, 6) is 0.0666. The molecule has 0 unspecified atom stereocenters. The number of aryl methyl sites for hydroxylation is 1. The van der Waals surface area contributed by atoms with Crippen LogP contribution in [0.3, 0.4) is 0 Å². The van der Waals surface area contributed by atoms with Gasteiger partial charge in [0.2, 0.25) is 5.91 Å². The molecule has 29 heavy (non-hydrogen) atoms. The lowest BCUT2D eigenvalue weighted by molar-refractivity contribution is -0.130. The summed E-state index contributed by atoms with van der Waals surface area (Å²) in [6, 6.07) is 15.5. The van der Waals surface area contributed by atoms with Gasteiger partial charge in [0.25, 0.3) is 5.56 Å². The van der Waals surface area contributed by atoms with Crippen LogP contribution in [0.2, 0.25) is 0 Å². The summed E-state index contributed by atoms with van der Waals surface area (Å²) >= 11 is 0. The number of benzene rings is 2. The van der Waals surface area contributed by atoms with Crippen LogP contribution in [0.5, 0.6) is 0 Å². The number of hydrogen-bond donors (Lipinski definition) is 0. The number of aromatic nitrogens is 4. The average molecular weight is 387 g/mol. The smallest absolute Gasteiger partial charge is 0.261 e. The van der Waals surface area contributed by atoms with E-state index in [0.29, 0.717) is 24.0 Å². The van der Waals surface area contributed by atoms with Gasteiger partial charge in [-0.3, -0.25) is 14.2 Å². The van der Waals surface area contributed by atoms with Gasteiger partial charge in [-0.1, -0.05) is 24.3 Å². The number of likely N-dealkylation sites (tertiary alicyclic amines) is 1. The fourth-order valence-corrected chi connectivity index (χ4v) is 4.10. The Balaban J connectivity index is 1.26. The molecule has 1 aliphatic heterocycles. The van der Waals surface area contributed by atoms with Gasteiger partial charge in [0.15, 0.2) is 0 Å². The molecule has 1 aliphatic rings. The van der Waals surface area contributed by atoms with Gasteiger partial charge in [-0.2, -0.15) is 0 Å². The molecule has 1 amide bonds. The number of amides is 1. The first-order valence-corrected chi connectivity index (χ1v) is 9.84. The monoisotopic (exact) mass is 387 g/mol. The number of rotatable bonds is 4. The molecule has 4 aromatic rings. The highest BCUT2D eigenvalue weighted by molar-refractivity contribution is 5.78.